The molecule has 0 bridgehead atoms. The minimum absolute atomic E-state index is 1.10. The van der Waals surface area contributed by atoms with Crippen molar-refractivity contribution in [1.82, 2.24) is 0 Å². The molecule has 0 amide bonds. The van der Waals surface area contributed by atoms with E-state index in [1.165, 1.54) is 122 Å². The van der Waals surface area contributed by atoms with Gasteiger partial charge in [-0.1, -0.05) is 135 Å². The molecule has 0 aromatic rings. The Hall–Kier alpha value is -0.260. The number of rotatable bonds is 21. The van der Waals surface area contributed by atoms with Crippen LogP contribution in [0.5, 0.6) is 0 Å². The van der Waals surface area contributed by atoms with E-state index in [1.807, 2.05) is 0 Å². The van der Waals surface area contributed by atoms with Gasteiger partial charge in [-0.15, -0.1) is 0 Å². The van der Waals surface area contributed by atoms with Crippen LogP contribution in [0.3, 0.4) is 0 Å². The van der Waals surface area contributed by atoms with Crippen LogP contribution in [0, 0.1) is 13.8 Å². The molecule has 0 aliphatic carbocycles. The fraction of sp³-hybridized carbons (Fsp3) is 0.840. The number of unbranched alkanes of at least 4 members (excludes halogenated alkanes) is 19. The van der Waals surface area contributed by atoms with Crippen molar-refractivity contribution >= 4 is 0 Å². The Kier molecular flexibility index (Phi) is 23.5. The molecule has 0 heterocycles. The maximum atomic E-state index is 3.90. The summed E-state index contributed by atoms with van der Waals surface area (Å²) in [5.74, 6) is 0. The second-order valence-corrected chi connectivity index (χ2v) is 7.77. The Balaban J connectivity index is 3.02. The van der Waals surface area contributed by atoms with Crippen LogP contribution >= 0.6 is 0 Å². The molecule has 0 aliphatic rings. The molecule has 25 heavy (non-hydrogen) atoms. The molecular formula is C25H48. The molecule has 0 atom stereocenters. The first-order valence-corrected chi connectivity index (χ1v) is 11.6. The standard InChI is InChI=1S/C25H48/c1-3-5-7-9-11-13-15-17-19-21-23-25-24-22-20-18-16-14-12-10-8-6-4-2/h15,17H,1-14,16,18-25H2/b17-15+. The van der Waals surface area contributed by atoms with Gasteiger partial charge in [-0.3, -0.25) is 0 Å². The molecular weight excluding hydrogens is 300 g/mol. The van der Waals surface area contributed by atoms with Crippen molar-refractivity contribution < 1.29 is 0 Å². The van der Waals surface area contributed by atoms with Crippen molar-refractivity contribution in [2.45, 2.75) is 135 Å². The molecule has 0 unspecified atom stereocenters. The molecule has 0 nitrogen and oxygen atoms in total. The highest BCUT2D eigenvalue weighted by Crippen LogP contribution is 2.13. The topological polar surface area (TPSA) is 0 Å². The SMILES string of the molecule is [CH2]CCCCCC/C=C/CCCCCCCCCCCCCCC[CH2]. The first-order chi connectivity index (χ1) is 12.4. The molecule has 0 N–H and O–H groups in total. The average molecular weight is 349 g/mol. The number of hydrogen-bond donors (Lipinski definition) is 0. The van der Waals surface area contributed by atoms with E-state index >= 15 is 0 Å². The summed E-state index contributed by atoms with van der Waals surface area (Å²) in [5, 5.41) is 0. The van der Waals surface area contributed by atoms with E-state index in [9.17, 15) is 0 Å². The van der Waals surface area contributed by atoms with Gasteiger partial charge in [-0.05, 0) is 25.7 Å². The Labute approximate surface area is 161 Å². The number of hydrogen-bond acceptors (Lipinski definition) is 0. The summed E-state index contributed by atoms with van der Waals surface area (Å²) >= 11 is 0. The lowest BCUT2D eigenvalue weighted by Gasteiger charge is -2.02. The van der Waals surface area contributed by atoms with Crippen molar-refractivity contribution in [2.24, 2.45) is 0 Å². The molecule has 0 heteroatoms. The molecule has 0 saturated carbocycles. The van der Waals surface area contributed by atoms with Crippen molar-refractivity contribution in [3.63, 3.8) is 0 Å². The Morgan fingerprint density at radius 2 is 0.560 bits per heavy atom. The third-order valence-corrected chi connectivity index (χ3v) is 5.16. The third-order valence-electron chi connectivity index (χ3n) is 5.16. The monoisotopic (exact) mass is 348 g/mol. The van der Waals surface area contributed by atoms with E-state index in [0.29, 0.717) is 0 Å². The molecule has 0 aliphatic heterocycles. The van der Waals surface area contributed by atoms with Crippen LogP contribution < -0.4 is 0 Å². The van der Waals surface area contributed by atoms with E-state index in [2.05, 4.69) is 26.0 Å². The minimum atomic E-state index is 1.10. The van der Waals surface area contributed by atoms with Gasteiger partial charge in [0.05, 0.1) is 0 Å². The zero-order valence-electron chi connectivity index (χ0n) is 17.4. The third kappa shape index (κ3) is 23.7. The largest absolute Gasteiger partial charge is 0.0885 e. The van der Waals surface area contributed by atoms with E-state index in [1.54, 1.807) is 0 Å². The van der Waals surface area contributed by atoms with Crippen molar-refractivity contribution in [1.29, 1.82) is 0 Å². The van der Waals surface area contributed by atoms with Crippen molar-refractivity contribution in [2.75, 3.05) is 0 Å². The summed E-state index contributed by atoms with van der Waals surface area (Å²) in [6.07, 6.45) is 33.7. The molecule has 148 valence electrons. The first-order valence-electron chi connectivity index (χ1n) is 11.6. The molecule has 0 spiro atoms. The van der Waals surface area contributed by atoms with Crippen LogP contribution in [0.25, 0.3) is 0 Å². The second-order valence-electron chi connectivity index (χ2n) is 7.77. The Bertz CT molecular complexity index is 240. The summed E-state index contributed by atoms with van der Waals surface area (Å²) in [7, 11) is 0. The molecule has 0 aromatic carbocycles. The van der Waals surface area contributed by atoms with E-state index in [4.69, 9.17) is 0 Å². The highest BCUT2D eigenvalue weighted by Gasteiger charge is 1.94. The first kappa shape index (κ1) is 24.7. The lowest BCUT2D eigenvalue weighted by molar-refractivity contribution is 0.537. The van der Waals surface area contributed by atoms with Crippen molar-refractivity contribution in [3.8, 4) is 0 Å². The van der Waals surface area contributed by atoms with Crippen LogP contribution in [0.2, 0.25) is 0 Å². The van der Waals surface area contributed by atoms with Crippen LogP contribution in [-0.4, -0.2) is 0 Å². The van der Waals surface area contributed by atoms with Gasteiger partial charge in [0.2, 0.25) is 0 Å². The average Bonchev–Trinajstić information content (AvgIpc) is 2.63. The fourth-order valence-electron chi connectivity index (χ4n) is 3.41. The minimum Gasteiger partial charge on any atom is -0.0885 e. The summed E-state index contributed by atoms with van der Waals surface area (Å²) in [6.45, 7) is 7.80. The predicted molar refractivity (Wildman–Crippen MR) is 117 cm³/mol. The zero-order chi connectivity index (χ0) is 18.3. The lowest BCUT2D eigenvalue weighted by Crippen LogP contribution is -1.83. The van der Waals surface area contributed by atoms with Gasteiger partial charge in [0.15, 0.2) is 0 Å². The fourth-order valence-corrected chi connectivity index (χ4v) is 3.41. The predicted octanol–water partition coefficient (Wildman–Crippen LogP) is 9.40. The van der Waals surface area contributed by atoms with E-state index < -0.39 is 0 Å². The van der Waals surface area contributed by atoms with Gasteiger partial charge in [0.25, 0.3) is 0 Å². The highest BCUT2D eigenvalue weighted by atomic mass is 14.0. The summed E-state index contributed by atoms with van der Waals surface area (Å²) in [5.41, 5.74) is 0. The Morgan fingerprint density at radius 3 is 0.840 bits per heavy atom. The summed E-state index contributed by atoms with van der Waals surface area (Å²) in [4.78, 5) is 0. The van der Waals surface area contributed by atoms with Gasteiger partial charge in [-0.2, -0.15) is 0 Å². The lowest BCUT2D eigenvalue weighted by atomic mass is 10.0. The Morgan fingerprint density at radius 1 is 0.320 bits per heavy atom. The van der Waals surface area contributed by atoms with Crippen LogP contribution in [0.15, 0.2) is 12.2 Å². The summed E-state index contributed by atoms with van der Waals surface area (Å²) in [6, 6.07) is 0. The molecule has 0 saturated heterocycles. The van der Waals surface area contributed by atoms with Gasteiger partial charge in [-0.25, -0.2) is 0 Å². The maximum absolute atomic E-state index is 3.90. The second kappa shape index (κ2) is 23.7. The smallest absolute Gasteiger partial charge is 0.0351 e. The molecule has 0 aromatic heterocycles. The van der Waals surface area contributed by atoms with E-state index in [0.717, 1.165) is 12.8 Å². The highest BCUT2D eigenvalue weighted by molar-refractivity contribution is 4.81. The van der Waals surface area contributed by atoms with Crippen LogP contribution in [0.1, 0.15) is 135 Å². The number of allylic oxidation sites excluding steroid dienone is 2. The van der Waals surface area contributed by atoms with Gasteiger partial charge >= 0.3 is 0 Å². The van der Waals surface area contributed by atoms with E-state index in [-0.39, 0.29) is 0 Å². The van der Waals surface area contributed by atoms with Gasteiger partial charge in [0.1, 0.15) is 0 Å². The maximum Gasteiger partial charge on any atom is -0.0351 e. The quantitative estimate of drug-likeness (QED) is 0.143. The van der Waals surface area contributed by atoms with Gasteiger partial charge in [0, 0.05) is 0 Å². The van der Waals surface area contributed by atoms with Crippen molar-refractivity contribution in [3.05, 3.63) is 26.0 Å². The molecule has 2 radical (unpaired) electrons. The molecule has 0 fully saturated rings. The normalized spacial score (nSPS) is 11.6. The zero-order valence-corrected chi connectivity index (χ0v) is 17.4. The van der Waals surface area contributed by atoms with Crippen LogP contribution in [0.4, 0.5) is 0 Å². The van der Waals surface area contributed by atoms with Crippen LogP contribution in [-0.2, 0) is 0 Å². The van der Waals surface area contributed by atoms with Gasteiger partial charge < -0.3 is 0 Å². The molecule has 0 rings (SSSR count). The summed E-state index contributed by atoms with van der Waals surface area (Å²) < 4.78 is 0.